The Hall–Kier alpha value is -0.870. The molecule has 0 bridgehead atoms. The number of hydrogen-bond acceptors (Lipinski definition) is 4. The topological polar surface area (TPSA) is 41.1 Å². The van der Waals surface area contributed by atoms with Gasteiger partial charge in [0.1, 0.15) is 16.8 Å². The lowest BCUT2D eigenvalue weighted by atomic mass is 10.2. The van der Waals surface area contributed by atoms with Crippen molar-refractivity contribution in [2.24, 2.45) is 0 Å². The zero-order chi connectivity index (χ0) is 12.4. The highest BCUT2D eigenvalue weighted by atomic mass is 35.5. The van der Waals surface area contributed by atoms with Crippen LogP contribution in [0.25, 0.3) is 0 Å². The van der Waals surface area contributed by atoms with E-state index in [4.69, 9.17) is 11.6 Å². The fourth-order valence-corrected chi connectivity index (χ4v) is 2.11. The van der Waals surface area contributed by atoms with Gasteiger partial charge in [-0.1, -0.05) is 25.4 Å². The van der Waals surface area contributed by atoms with E-state index in [0.717, 1.165) is 43.4 Å². The Labute approximate surface area is 107 Å². The fourth-order valence-electron chi connectivity index (χ4n) is 1.94. The molecule has 0 radical (unpaired) electrons. The van der Waals surface area contributed by atoms with E-state index in [1.807, 2.05) is 6.92 Å². The van der Waals surface area contributed by atoms with Crippen molar-refractivity contribution in [2.45, 2.75) is 26.7 Å². The average Bonchev–Trinajstić information content (AvgIpc) is 2.33. The van der Waals surface area contributed by atoms with Crippen molar-refractivity contribution in [1.29, 1.82) is 0 Å². The highest BCUT2D eigenvalue weighted by Gasteiger charge is 2.18. The second kappa shape index (κ2) is 5.19. The Balaban J connectivity index is 2.36. The summed E-state index contributed by atoms with van der Waals surface area (Å²) in [6.45, 7) is 10.1. The summed E-state index contributed by atoms with van der Waals surface area (Å²) in [5.74, 6) is 2.12. The van der Waals surface area contributed by atoms with E-state index in [2.05, 4.69) is 34.0 Å². The molecule has 1 saturated heterocycles. The van der Waals surface area contributed by atoms with Crippen LogP contribution in [-0.2, 0) is 0 Å². The number of rotatable bonds is 2. The number of hydrogen-bond donors (Lipinski definition) is 1. The Morgan fingerprint density at radius 2 is 1.88 bits per heavy atom. The molecular weight excluding hydrogens is 236 g/mol. The van der Waals surface area contributed by atoms with Crippen molar-refractivity contribution >= 4 is 17.4 Å². The first-order valence-electron chi connectivity index (χ1n) is 6.09. The summed E-state index contributed by atoms with van der Waals surface area (Å²) in [5.41, 5.74) is 0.984. The molecule has 0 spiro atoms. The molecule has 0 saturated carbocycles. The fraction of sp³-hybridized carbons (Fsp3) is 0.667. The number of nitrogens with one attached hydrogen (secondary N) is 1. The standard InChI is InChI=1S/C12H19ClN4/c1-8(2)11-15-10(13)9(3)12(16-11)17-6-4-14-5-7-17/h8,14H,4-7H2,1-3H3. The molecule has 2 heterocycles. The van der Waals surface area contributed by atoms with Gasteiger partial charge < -0.3 is 10.2 Å². The molecule has 5 heteroatoms. The zero-order valence-electron chi connectivity index (χ0n) is 10.6. The van der Waals surface area contributed by atoms with E-state index in [0.29, 0.717) is 11.1 Å². The van der Waals surface area contributed by atoms with Gasteiger partial charge in [0.25, 0.3) is 0 Å². The van der Waals surface area contributed by atoms with Gasteiger partial charge in [-0.15, -0.1) is 0 Å². The van der Waals surface area contributed by atoms with Gasteiger partial charge in [-0.25, -0.2) is 9.97 Å². The number of anilines is 1. The van der Waals surface area contributed by atoms with Crippen molar-refractivity contribution < 1.29 is 0 Å². The van der Waals surface area contributed by atoms with Crippen LogP contribution in [-0.4, -0.2) is 36.1 Å². The maximum absolute atomic E-state index is 6.19. The van der Waals surface area contributed by atoms with Gasteiger partial charge in [-0.3, -0.25) is 0 Å². The first-order chi connectivity index (χ1) is 8.09. The lowest BCUT2D eigenvalue weighted by molar-refractivity contribution is 0.581. The second-order valence-corrected chi connectivity index (χ2v) is 5.07. The minimum Gasteiger partial charge on any atom is -0.354 e. The minimum atomic E-state index is 0.301. The molecule has 1 aromatic heterocycles. The van der Waals surface area contributed by atoms with Gasteiger partial charge in [0.05, 0.1) is 0 Å². The Morgan fingerprint density at radius 3 is 2.47 bits per heavy atom. The van der Waals surface area contributed by atoms with Crippen LogP contribution in [0.4, 0.5) is 5.82 Å². The van der Waals surface area contributed by atoms with E-state index in [1.165, 1.54) is 0 Å². The monoisotopic (exact) mass is 254 g/mol. The lowest BCUT2D eigenvalue weighted by Gasteiger charge is -2.30. The Bertz CT molecular complexity index is 400. The molecule has 1 aromatic rings. The predicted octanol–water partition coefficient (Wildman–Crippen LogP) is 1.97. The van der Waals surface area contributed by atoms with Crippen LogP contribution in [0.1, 0.15) is 31.2 Å². The summed E-state index contributed by atoms with van der Waals surface area (Å²) in [6.07, 6.45) is 0. The summed E-state index contributed by atoms with van der Waals surface area (Å²) in [4.78, 5) is 11.3. The molecular formula is C12H19ClN4. The Kier molecular flexibility index (Phi) is 3.84. The molecule has 4 nitrogen and oxygen atoms in total. The summed E-state index contributed by atoms with van der Waals surface area (Å²) < 4.78 is 0. The van der Waals surface area contributed by atoms with Gasteiger partial charge in [-0.2, -0.15) is 0 Å². The zero-order valence-corrected chi connectivity index (χ0v) is 11.4. The molecule has 0 atom stereocenters. The molecule has 0 aliphatic carbocycles. The van der Waals surface area contributed by atoms with Crippen LogP contribution in [0.5, 0.6) is 0 Å². The molecule has 0 aromatic carbocycles. The normalized spacial score (nSPS) is 16.6. The number of nitrogens with zero attached hydrogens (tertiary/aromatic N) is 3. The molecule has 17 heavy (non-hydrogen) atoms. The van der Waals surface area contributed by atoms with Gasteiger partial charge in [0.15, 0.2) is 0 Å². The lowest BCUT2D eigenvalue weighted by Crippen LogP contribution is -2.44. The van der Waals surface area contributed by atoms with Gasteiger partial charge in [0.2, 0.25) is 0 Å². The molecule has 0 amide bonds. The SMILES string of the molecule is Cc1c(Cl)nc(C(C)C)nc1N1CCNCC1. The minimum absolute atomic E-state index is 0.301. The summed E-state index contributed by atoms with van der Waals surface area (Å²) >= 11 is 6.19. The van der Waals surface area contributed by atoms with Crippen molar-refractivity contribution in [3.8, 4) is 0 Å². The van der Waals surface area contributed by atoms with Crippen molar-refractivity contribution in [2.75, 3.05) is 31.1 Å². The van der Waals surface area contributed by atoms with Gasteiger partial charge in [0, 0.05) is 37.7 Å². The van der Waals surface area contributed by atoms with E-state index < -0.39 is 0 Å². The molecule has 1 aliphatic rings. The van der Waals surface area contributed by atoms with Crippen LogP contribution >= 0.6 is 11.6 Å². The smallest absolute Gasteiger partial charge is 0.137 e. The van der Waals surface area contributed by atoms with Gasteiger partial charge in [-0.05, 0) is 6.92 Å². The number of halogens is 1. The van der Waals surface area contributed by atoms with Crippen LogP contribution in [0.2, 0.25) is 5.15 Å². The number of piperazine rings is 1. The Morgan fingerprint density at radius 1 is 1.24 bits per heavy atom. The first kappa shape index (κ1) is 12.6. The second-order valence-electron chi connectivity index (χ2n) is 4.71. The van der Waals surface area contributed by atoms with E-state index >= 15 is 0 Å². The summed E-state index contributed by atoms with van der Waals surface area (Å²) in [5, 5.41) is 3.92. The first-order valence-corrected chi connectivity index (χ1v) is 6.47. The largest absolute Gasteiger partial charge is 0.354 e. The van der Waals surface area contributed by atoms with Crippen molar-refractivity contribution in [3.05, 3.63) is 16.5 Å². The maximum atomic E-state index is 6.19. The average molecular weight is 255 g/mol. The highest BCUT2D eigenvalue weighted by molar-refractivity contribution is 6.30. The van der Waals surface area contributed by atoms with Crippen molar-refractivity contribution in [3.63, 3.8) is 0 Å². The maximum Gasteiger partial charge on any atom is 0.137 e. The predicted molar refractivity (Wildman–Crippen MR) is 71.0 cm³/mol. The highest BCUT2D eigenvalue weighted by Crippen LogP contribution is 2.25. The quantitative estimate of drug-likeness (QED) is 0.820. The van der Waals surface area contributed by atoms with E-state index in [-0.39, 0.29) is 0 Å². The van der Waals surface area contributed by atoms with Crippen LogP contribution in [0.3, 0.4) is 0 Å². The molecule has 2 rings (SSSR count). The number of aromatic nitrogens is 2. The summed E-state index contributed by atoms with van der Waals surface area (Å²) in [6, 6.07) is 0. The molecule has 1 N–H and O–H groups in total. The molecule has 1 aliphatic heterocycles. The van der Waals surface area contributed by atoms with Gasteiger partial charge >= 0.3 is 0 Å². The van der Waals surface area contributed by atoms with E-state index in [1.54, 1.807) is 0 Å². The van der Waals surface area contributed by atoms with Crippen LogP contribution in [0, 0.1) is 6.92 Å². The summed E-state index contributed by atoms with van der Waals surface area (Å²) in [7, 11) is 0. The third-order valence-electron chi connectivity index (χ3n) is 3.01. The molecule has 0 unspecified atom stereocenters. The molecule has 94 valence electrons. The van der Waals surface area contributed by atoms with E-state index in [9.17, 15) is 0 Å². The van der Waals surface area contributed by atoms with Crippen LogP contribution < -0.4 is 10.2 Å². The van der Waals surface area contributed by atoms with Crippen LogP contribution in [0.15, 0.2) is 0 Å². The molecule has 1 fully saturated rings. The van der Waals surface area contributed by atoms with Crippen molar-refractivity contribution in [1.82, 2.24) is 15.3 Å². The third kappa shape index (κ3) is 2.69. The third-order valence-corrected chi connectivity index (χ3v) is 3.38.